The van der Waals surface area contributed by atoms with E-state index in [4.69, 9.17) is 4.74 Å². The lowest BCUT2D eigenvalue weighted by atomic mass is 10.0. The van der Waals surface area contributed by atoms with Gasteiger partial charge >= 0.3 is 0 Å². The van der Waals surface area contributed by atoms with Gasteiger partial charge in [-0.1, -0.05) is 36.4 Å². The standard InChI is InChI=1S/C17H19FO2/c1-12-7-8-14(9-13(12)2)17(19)11-20-10-15-5-3-4-6-16(15)18/h3-9,17,19H,10-11H2,1-2H3. The highest BCUT2D eigenvalue weighted by Crippen LogP contribution is 2.18. The maximum Gasteiger partial charge on any atom is 0.128 e. The van der Waals surface area contributed by atoms with Gasteiger partial charge in [-0.25, -0.2) is 4.39 Å². The zero-order chi connectivity index (χ0) is 14.5. The third kappa shape index (κ3) is 3.65. The molecular weight excluding hydrogens is 255 g/mol. The number of ether oxygens (including phenoxy) is 1. The molecule has 2 aromatic rings. The zero-order valence-corrected chi connectivity index (χ0v) is 11.8. The van der Waals surface area contributed by atoms with Crippen LogP contribution in [0.5, 0.6) is 0 Å². The lowest BCUT2D eigenvalue weighted by molar-refractivity contribution is 0.0267. The molecule has 2 rings (SSSR count). The highest BCUT2D eigenvalue weighted by Gasteiger charge is 2.09. The summed E-state index contributed by atoms with van der Waals surface area (Å²) in [5.74, 6) is -0.284. The average Bonchev–Trinajstić information content (AvgIpc) is 2.44. The van der Waals surface area contributed by atoms with Crippen molar-refractivity contribution < 1.29 is 14.2 Å². The predicted molar refractivity (Wildman–Crippen MR) is 76.9 cm³/mol. The molecule has 0 heterocycles. The molecule has 0 aliphatic heterocycles. The Balaban J connectivity index is 1.90. The molecule has 0 amide bonds. The highest BCUT2D eigenvalue weighted by molar-refractivity contribution is 5.31. The van der Waals surface area contributed by atoms with Gasteiger partial charge in [-0.15, -0.1) is 0 Å². The average molecular weight is 274 g/mol. The fraction of sp³-hybridized carbons (Fsp3) is 0.294. The molecule has 0 saturated heterocycles. The normalized spacial score (nSPS) is 12.4. The molecule has 0 aromatic heterocycles. The van der Waals surface area contributed by atoms with Crippen molar-refractivity contribution in [3.63, 3.8) is 0 Å². The summed E-state index contributed by atoms with van der Waals surface area (Å²) in [6, 6.07) is 12.3. The van der Waals surface area contributed by atoms with Gasteiger partial charge in [-0.2, -0.15) is 0 Å². The van der Waals surface area contributed by atoms with Crippen LogP contribution in [0.25, 0.3) is 0 Å². The maximum atomic E-state index is 13.4. The summed E-state index contributed by atoms with van der Waals surface area (Å²) in [6.07, 6.45) is -0.693. The fourth-order valence-corrected chi connectivity index (χ4v) is 1.96. The van der Waals surface area contributed by atoms with Crippen molar-refractivity contribution >= 4 is 0 Å². The Morgan fingerprint density at radius 1 is 1.10 bits per heavy atom. The number of aryl methyl sites for hydroxylation is 2. The summed E-state index contributed by atoms with van der Waals surface area (Å²) in [5.41, 5.74) is 3.64. The smallest absolute Gasteiger partial charge is 0.128 e. The summed E-state index contributed by atoms with van der Waals surface area (Å²) >= 11 is 0. The number of rotatable bonds is 5. The van der Waals surface area contributed by atoms with Crippen LogP contribution in [0.2, 0.25) is 0 Å². The van der Waals surface area contributed by atoms with E-state index in [9.17, 15) is 9.50 Å². The Kier molecular flexibility index (Phi) is 4.88. The van der Waals surface area contributed by atoms with Crippen LogP contribution < -0.4 is 0 Å². The Bertz CT molecular complexity index is 581. The first-order chi connectivity index (χ1) is 9.58. The van der Waals surface area contributed by atoms with Gasteiger partial charge < -0.3 is 9.84 Å². The zero-order valence-electron chi connectivity index (χ0n) is 11.8. The van der Waals surface area contributed by atoms with E-state index in [1.165, 1.54) is 11.6 Å². The highest BCUT2D eigenvalue weighted by atomic mass is 19.1. The minimum atomic E-state index is -0.693. The van der Waals surface area contributed by atoms with Gasteiger partial charge in [0, 0.05) is 5.56 Å². The number of hydrogen-bond acceptors (Lipinski definition) is 2. The monoisotopic (exact) mass is 274 g/mol. The summed E-state index contributed by atoms with van der Waals surface area (Å²) in [5, 5.41) is 10.1. The van der Waals surface area contributed by atoms with Gasteiger partial charge in [0.2, 0.25) is 0 Å². The third-order valence-corrected chi connectivity index (χ3v) is 3.41. The molecule has 0 radical (unpaired) electrons. The lowest BCUT2D eigenvalue weighted by Crippen LogP contribution is -2.08. The minimum absolute atomic E-state index is 0.150. The predicted octanol–water partition coefficient (Wildman–Crippen LogP) is 3.69. The number of aliphatic hydroxyl groups is 1. The molecule has 3 heteroatoms. The Morgan fingerprint density at radius 2 is 1.85 bits per heavy atom. The largest absolute Gasteiger partial charge is 0.386 e. The van der Waals surface area contributed by atoms with Gasteiger partial charge in [0.1, 0.15) is 11.9 Å². The van der Waals surface area contributed by atoms with E-state index >= 15 is 0 Å². The van der Waals surface area contributed by atoms with Crippen molar-refractivity contribution in [3.8, 4) is 0 Å². The first-order valence-corrected chi connectivity index (χ1v) is 6.64. The molecular formula is C17H19FO2. The molecule has 1 atom stereocenters. The van der Waals surface area contributed by atoms with E-state index in [1.807, 2.05) is 32.0 Å². The van der Waals surface area contributed by atoms with Crippen molar-refractivity contribution in [2.24, 2.45) is 0 Å². The molecule has 0 aliphatic carbocycles. The van der Waals surface area contributed by atoms with Crippen LogP contribution in [-0.4, -0.2) is 11.7 Å². The summed E-state index contributed by atoms with van der Waals surface area (Å²) < 4.78 is 18.8. The molecule has 0 spiro atoms. The molecule has 0 fully saturated rings. The minimum Gasteiger partial charge on any atom is -0.386 e. The van der Waals surface area contributed by atoms with Gasteiger partial charge in [0.05, 0.1) is 13.2 Å². The summed E-state index contributed by atoms with van der Waals surface area (Å²) in [7, 11) is 0. The van der Waals surface area contributed by atoms with Crippen LogP contribution in [0.1, 0.15) is 28.4 Å². The van der Waals surface area contributed by atoms with Crippen LogP contribution in [0.4, 0.5) is 4.39 Å². The van der Waals surface area contributed by atoms with E-state index < -0.39 is 6.10 Å². The van der Waals surface area contributed by atoms with Gasteiger partial charge in [-0.05, 0) is 36.6 Å². The molecule has 0 aliphatic rings. The van der Waals surface area contributed by atoms with Crippen LogP contribution in [0.3, 0.4) is 0 Å². The van der Waals surface area contributed by atoms with Gasteiger partial charge in [-0.3, -0.25) is 0 Å². The number of hydrogen-bond donors (Lipinski definition) is 1. The second-order valence-electron chi connectivity index (χ2n) is 4.97. The molecule has 2 nitrogen and oxygen atoms in total. The molecule has 0 bridgehead atoms. The second-order valence-corrected chi connectivity index (χ2v) is 4.97. The molecule has 1 unspecified atom stereocenters. The molecule has 2 aromatic carbocycles. The van der Waals surface area contributed by atoms with Gasteiger partial charge in [0.25, 0.3) is 0 Å². The third-order valence-electron chi connectivity index (χ3n) is 3.41. The summed E-state index contributed by atoms with van der Waals surface area (Å²) in [4.78, 5) is 0. The topological polar surface area (TPSA) is 29.5 Å². The number of halogens is 1. The fourth-order valence-electron chi connectivity index (χ4n) is 1.96. The SMILES string of the molecule is Cc1ccc(C(O)COCc2ccccc2F)cc1C. The van der Waals surface area contributed by atoms with E-state index in [0.29, 0.717) is 5.56 Å². The summed E-state index contributed by atoms with van der Waals surface area (Å²) in [6.45, 7) is 4.34. The van der Waals surface area contributed by atoms with Crippen LogP contribution in [0, 0.1) is 19.7 Å². The molecule has 1 N–H and O–H groups in total. The first kappa shape index (κ1) is 14.7. The van der Waals surface area contributed by atoms with Gasteiger partial charge in [0.15, 0.2) is 0 Å². The maximum absolute atomic E-state index is 13.4. The lowest BCUT2D eigenvalue weighted by Gasteiger charge is -2.13. The van der Waals surface area contributed by atoms with Crippen molar-refractivity contribution in [1.82, 2.24) is 0 Å². The van der Waals surface area contributed by atoms with Crippen molar-refractivity contribution in [2.75, 3.05) is 6.61 Å². The van der Waals surface area contributed by atoms with Crippen LogP contribution in [0.15, 0.2) is 42.5 Å². The van der Waals surface area contributed by atoms with Crippen LogP contribution >= 0.6 is 0 Å². The van der Waals surface area contributed by atoms with Crippen molar-refractivity contribution in [2.45, 2.75) is 26.6 Å². The van der Waals surface area contributed by atoms with E-state index in [1.54, 1.807) is 18.2 Å². The van der Waals surface area contributed by atoms with Crippen molar-refractivity contribution in [1.29, 1.82) is 0 Å². The quantitative estimate of drug-likeness (QED) is 0.901. The molecule has 106 valence electrons. The second kappa shape index (κ2) is 6.64. The number of benzene rings is 2. The van der Waals surface area contributed by atoms with Crippen molar-refractivity contribution in [3.05, 3.63) is 70.5 Å². The van der Waals surface area contributed by atoms with Crippen LogP contribution in [-0.2, 0) is 11.3 Å². The molecule has 20 heavy (non-hydrogen) atoms. The Hall–Kier alpha value is -1.71. The molecule has 0 saturated carbocycles. The Morgan fingerprint density at radius 3 is 2.55 bits per heavy atom. The first-order valence-electron chi connectivity index (χ1n) is 6.64. The van der Waals surface area contributed by atoms with E-state index in [-0.39, 0.29) is 19.0 Å². The Labute approximate surface area is 118 Å². The number of aliphatic hydroxyl groups excluding tert-OH is 1. The van der Waals surface area contributed by atoms with E-state index in [2.05, 4.69) is 0 Å². The van der Waals surface area contributed by atoms with E-state index in [0.717, 1.165) is 11.1 Å².